The van der Waals surface area contributed by atoms with Gasteiger partial charge in [-0.3, -0.25) is 10.1 Å². The third-order valence-corrected chi connectivity index (χ3v) is 3.60. The molecular weight excluding hydrogens is 300 g/mol. The van der Waals surface area contributed by atoms with Crippen LogP contribution in [0.1, 0.15) is 15.2 Å². The summed E-state index contributed by atoms with van der Waals surface area (Å²) in [7, 11) is 0. The molecule has 2 rings (SSSR count). The summed E-state index contributed by atoms with van der Waals surface area (Å²) in [6.45, 7) is 1.80. The molecule has 0 aliphatic carbocycles. The number of benzene rings is 1. The van der Waals surface area contributed by atoms with Crippen LogP contribution in [0.5, 0.6) is 0 Å². The van der Waals surface area contributed by atoms with Gasteiger partial charge < -0.3 is 10.4 Å². The van der Waals surface area contributed by atoms with Crippen molar-refractivity contribution in [2.24, 2.45) is 0 Å². The van der Waals surface area contributed by atoms with Gasteiger partial charge in [-0.2, -0.15) is 0 Å². The molecule has 0 spiro atoms. The third kappa shape index (κ3) is 3.49. The minimum Gasteiger partial charge on any atom is -0.465 e. The first-order valence-corrected chi connectivity index (χ1v) is 6.82. The quantitative estimate of drug-likeness (QED) is 0.800. The molecule has 1 heterocycles. The van der Waals surface area contributed by atoms with Crippen molar-refractivity contribution in [1.29, 1.82) is 0 Å². The van der Waals surface area contributed by atoms with Crippen molar-refractivity contribution in [2.45, 2.75) is 6.92 Å². The van der Waals surface area contributed by atoms with Gasteiger partial charge in [0.2, 0.25) is 0 Å². The lowest BCUT2D eigenvalue weighted by Crippen LogP contribution is -2.15. The minimum atomic E-state index is -1.20. The summed E-state index contributed by atoms with van der Waals surface area (Å²) >= 11 is 7.05. The number of amides is 2. The van der Waals surface area contributed by atoms with E-state index < -0.39 is 6.09 Å². The van der Waals surface area contributed by atoms with Crippen LogP contribution >= 0.6 is 22.9 Å². The highest BCUT2D eigenvalue weighted by Gasteiger charge is 2.16. The van der Waals surface area contributed by atoms with Gasteiger partial charge in [0.15, 0.2) is 0 Å². The van der Waals surface area contributed by atoms with Crippen molar-refractivity contribution in [3.8, 4) is 0 Å². The molecule has 5 nitrogen and oxygen atoms in total. The zero-order valence-corrected chi connectivity index (χ0v) is 12.0. The lowest BCUT2D eigenvalue weighted by atomic mass is 10.2. The number of carbonyl (C=O) groups excluding carboxylic acids is 1. The molecule has 1 aromatic heterocycles. The molecule has 0 bridgehead atoms. The normalized spacial score (nSPS) is 10.1. The van der Waals surface area contributed by atoms with Crippen molar-refractivity contribution in [2.75, 3.05) is 10.6 Å². The number of thiophene rings is 1. The van der Waals surface area contributed by atoms with Gasteiger partial charge in [-0.05, 0) is 31.2 Å². The van der Waals surface area contributed by atoms with Gasteiger partial charge in [0.05, 0.1) is 5.56 Å². The fourth-order valence-electron chi connectivity index (χ4n) is 1.64. The maximum Gasteiger partial charge on any atom is 0.409 e. The smallest absolute Gasteiger partial charge is 0.409 e. The second kappa shape index (κ2) is 5.94. The molecule has 0 fully saturated rings. The van der Waals surface area contributed by atoms with Crippen molar-refractivity contribution in [1.82, 2.24) is 0 Å². The van der Waals surface area contributed by atoms with E-state index in [1.165, 1.54) is 11.3 Å². The highest BCUT2D eigenvalue weighted by molar-refractivity contribution is 7.16. The summed E-state index contributed by atoms with van der Waals surface area (Å²) in [5, 5.41) is 14.5. The van der Waals surface area contributed by atoms with E-state index in [2.05, 4.69) is 10.6 Å². The maximum atomic E-state index is 12.2. The summed E-state index contributed by atoms with van der Waals surface area (Å²) in [5.41, 5.74) is 0.836. The number of anilines is 2. The van der Waals surface area contributed by atoms with Gasteiger partial charge in [0, 0.05) is 15.6 Å². The molecule has 0 aliphatic heterocycles. The average Bonchev–Trinajstić information content (AvgIpc) is 2.69. The number of nitrogens with one attached hydrogen (secondary N) is 2. The van der Waals surface area contributed by atoms with Crippen LogP contribution in [0.2, 0.25) is 5.02 Å². The summed E-state index contributed by atoms with van der Waals surface area (Å²) in [4.78, 5) is 23.7. The predicted molar refractivity (Wildman–Crippen MR) is 80.1 cm³/mol. The summed E-state index contributed by atoms with van der Waals surface area (Å²) in [6, 6.07) is 8.36. The second-order valence-corrected chi connectivity index (χ2v) is 5.69. The molecule has 0 saturated carbocycles. The Morgan fingerprint density at radius 1 is 1.25 bits per heavy atom. The average molecular weight is 311 g/mol. The molecular formula is C13H11ClN2O3S. The van der Waals surface area contributed by atoms with Gasteiger partial charge >= 0.3 is 6.09 Å². The molecule has 0 unspecified atom stereocenters. The van der Waals surface area contributed by atoms with Crippen LogP contribution in [-0.2, 0) is 0 Å². The minimum absolute atomic E-state index is 0.287. The summed E-state index contributed by atoms with van der Waals surface area (Å²) < 4.78 is 0. The third-order valence-electron chi connectivity index (χ3n) is 2.40. The Morgan fingerprint density at radius 2 is 2.00 bits per heavy atom. The van der Waals surface area contributed by atoms with E-state index in [1.54, 1.807) is 37.3 Å². The Morgan fingerprint density at radius 3 is 2.65 bits per heavy atom. The highest BCUT2D eigenvalue weighted by Crippen LogP contribution is 2.28. The lowest BCUT2D eigenvalue weighted by molar-refractivity contribution is 0.102. The molecule has 0 atom stereocenters. The Kier molecular flexibility index (Phi) is 4.26. The van der Waals surface area contributed by atoms with Gasteiger partial charge in [-0.25, -0.2) is 4.79 Å². The highest BCUT2D eigenvalue weighted by atomic mass is 35.5. The molecule has 0 radical (unpaired) electrons. The fraction of sp³-hybridized carbons (Fsp3) is 0.0769. The van der Waals surface area contributed by atoms with Crippen molar-refractivity contribution < 1.29 is 14.7 Å². The van der Waals surface area contributed by atoms with Crippen LogP contribution in [0.25, 0.3) is 0 Å². The number of rotatable bonds is 3. The van der Waals surface area contributed by atoms with E-state index in [-0.39, 0.29) is 11.5 Å². The van der Waals surface area contributed by atoms with Crippen LogP contribution in [0.15, 0.2) is 30.3 Å². The molecule has 104 valence electrons. The monoisotopic (exact) mass is 310 g/mol. The SMILES string of the molecule is Cc1cc(C(=O)Nc2cccc(Cl)c2)c(NC(=O)O)s1. The molecule has 0 aliphatic rings. The van der Waals surface area contributed by atoms with E-state index in [1.807, 2.05) is 0 Å². The Balaban J connectivity index is 2.23. The second-order valence-electron chi connectivity index (χ2n) is 3.99. The number of carboxylic acid groups (broad SMARTS) is 1. The molecule has 1 aromatic carbocycles. The number of halogens is 1. The largest absolute Gasteiger partial charge is 0.465 e. The van der Waals surface area contributed by atoms with E-state index in [4.69, 9.17) is 16.7 Å². The van der Waals surface area contributed by atoms with Crippen molar-refractivity contribution in [3.63, 3.8) is 0 Å². The van der Waals surface area contributed by atoms with Gasteiger partial charge in [-0.1, -0.05) is 17.7 Å². The molecule has 20 heavy (non-hydrogen) atoms. The van der Waals surface area contributed by atoms with E-state index in [0.717, 1.165) is 4.88 Å². The van der Waals surface area contributed by atoms with Crippen LogP contribution in [0.4, 0.5) is 15.5 Å². The van der Waals surface area contributed by atoms with Crippen LogP contribution < -0.4 is 10.6 Å². The van der Waals surface area contributed by atoms with E-state index in [9.17, 15) is 9.59 Å². The van der Waals surface area contributed by atoms with Crippen LogP contribution in [0, 0.1) is 6.92 Å². The first-order valence-electron chi connectivity index (χ1n) is 5.63. The Bertz CT molecular complexity index is 669. The maximum absolute atomic E-state index is 12.2. The zero-order valence-electron chi connectivity index (χ0n) is 10.4. The first kappa shape index (κ1) is 14.4. The van der Waals surface area contributed by atoms with Crippen molar-refractivity contribution in [3.05, 3.63) is 45.8 Å². The van der Waals surface area contributed by atoms with Gasteiger partial charge in [0.25, 0.3) is 5.91 Å². The first-order chi connectivity index (χ1) is 9.45. The molecule has 7 heteroatoms. The lowest BCUT2D eigenvalue weighted by Gasteiger charge is -2.06. The Labute approximate surface area is 124 Å². The standard InChI is InChI=1S/C13H11ClN2O3S/c1-7-5-10(12(20-7)16-13(18)19)11(17)15-9-4-2-3-8(14)6-9/h2-6,16H,1H3,(H,15,17)(H,18,19). The number of carbonyl (C=O) groups is 2. The fourth-order valence-corrected chi connectivity index (χ4v) is 2.73. The van der Waals surface area contributed by atoms with E-state index >= 15 is 0 Å². The van der Waals surface area contributed by atoms with Crippen LogP contribution in [0.3, 0.4) is 0 Å². The number of aryl methyl sites for hydroxylation is 1. The summed E-state index contributed by atoms with van der Waals surface area (Å²) in [5.74, 6) is -0.389. The van der Waals surface area contributed by atoms with E-state index in [0.29, 0.717) is 15.7 Å². The molecule has 2 amide bonds. The topological polar surface area (TPSA) is 78.4 Å². The Hall–Kier alpha value is -2.05. The molecule has 3 N–H and O–H groups in total. The molecule has 2 aromatic rings. The number of hydrogen-bond acceptors (Lipinski definition) is 3. The van der Waals surface area contributed by atoms with Gasteiger partial charge in [0.1, 0.15) is 5.00 Å². The predicted octanol–water partition coefficient (Wildman–Crippen LogP) is 4.05. The van der Waals surface area contributed by atoms with Crippen LogP contribution in [-0.4, -0.2) is 17.1 Å². The van der Waals surface area contributed by atoms with Gasteiger partial charge in [-0.15, -0.1) is 11.3 Å². The number of hydrogen-bond donors (Lipinski definition) is 3. The summed E-state index contributed by atoms with van der Waals surface area (Å²) in [6.07, 6.45) is -1.20. The van der Waals surface area contributed by atoms with Crippen molar-refractivity contribution >= 4 is 45.6 Å². The molecule has 0 saturated heterocycles. The zero-order chi connectivity index (χ0) is 14.7.